The minimum atomic E-state index is -1.22. The maximum atomic E-state index is 12.0. The highest BCUT2D eigenvalue weighted by Gasteiger charge is 2.27. The largest absolute Gasteiger partial charge is 0.466 e. The van der Waals surface area contributed by atoms with Gasteiger partial charge in [0.2, 0.25) is 0 Å². The van der Waals surface area contributed by atoms with Crippen molar-refractivity contribution in [2.75, 3.05) is 46.3 Å². The van der Waals surface area contributed by atoms with Gasteiger partial charge in [0.05, 0.1) is 12.8 Å². The molecule has 130 valence electrons. The van der Waals surface area contributed by atoms with Gasteiger partial charge in [0.15, 0.2) is 0 Å². The second-order valence-corrected chi connectivity index (χ2v) is 6.58. The van der Waals surface area contributed by atoms with Crippen LogP contribution < -0.4 is 10.6 Å². The Hall–Kier alpha value is -1.57. The number of carbonyl (C=O) groups excluding carboxylic acids is 1. The SMILES string of the molecule is CC(CN1CCN(C)CC1)NC(=O)NCC(C)(O)c1ccco1. The van der Waals surface area contributed by atoms with Crippen molar-refractivity contribution in [3.8, 4) is 0 Å². The second-order valence-electron chi connectivity index (χ2n) is 6.58. The van der Waals surface area contributed by atoms with Crippen LogP contribution in [0.25, 0.3) is 0 Å². The van der Waals surface area contributed by atoms with Crippen LogP contribution in [0.3, 0.4) is 0 Å². The predicted octanol–water partition coefficient (Wildman–Crippen LogP) is 0.422. The molecule has 2 rings (SSSR count). The summed E-state index contributed by atoms with van der Waals surface area (Å²) in [4.78, 5) is 16.6. The zero-order valence-corrected chi connectivity index (χ0v) is 14.2. The Morgan fingerprint density at radius 1 is 1.43 bits per heavy atom. The number of nitrogens with zero attached hydrogens (tertiary/aromatic N) is 2. The Morgan fingerprint density at radius 2 is 2.13 bits per heavy atom. The minimum absolute atomic E-state index is 0.0481. The number of hydrogen-bond acceptors (Lipinski definition) is 5. The normalized spacial score (nSPS) is 20.7. The maximum absolute atomic E-state index is 12.0. The van der Waals surface area contributed by atoms with E-state index in [1.807, 2.05) is 6.92 Å². The van der Waals surface area contributed by atoms with Crippen molar-refractivity contribution in [3.05, 3.63) is 24.2 Å². The van der Waals surface area contributed by atoms with Gasteiger partial charge in [-0.1, -0.05) is 0 Å². The van der Waals surface area contributed by atoms with E-state index in [4.69, 9.17) is 4.42 Å². The van der Waals surface area contributed by atoms with E-state index in [2.05, 4.69) is 27.5 Å². The van der Waals surface area contributed by atoms with Crippen LogP contribution in [0.15, 0.2) is 22.8 Å². The third-order valence-corrected chi connectivity index (χ3v) is 4.15. The van der Waals surface area contributed by atoms with E-state index < -0.39 is 5.60 Å². The van der Waals surface area contributed by atoms with Gasteiger partial charge < -0.3 is 25.1 Å². The molecule has 1 aromatic heterocycles. The summed E-state index contributed by atoms with van der Waals surface area (Å²) in [7, 11) is 2.12. The van der Waals surface area contributed by atoms with Gasteiger partial charge in [0, 0.05) is 38.8 Å². The number of piperazine rings is 1. The van der Waals surface area contributed by atoms with Crippen LogP contribution in [-0.2, 0) is 5.60 Å². The highest BCUT2D eigenvalue weighted by molar-refractivity contribution is 5.74. The quantitative estimate of drug-likeness (QED) is 0.707. The molecule has 1 fully saturated rings. The number of rotatable bonds is 6. The lowest BCUT2D eigenvalue weighted by molar-refractivity contribution is 0.0366. The van der Waals surface area contributed by atoms with Crippen molar-refractivity contribution in [1.29, 1.82) is 0 Å². The first-order valence-electron chi connectivity index (χ1n) is 8.08. The van der Waals surface area contributed by atoms with Crippen LogP contribution >= 0.6 is 0 Å². The van der Waals surface area contributed by atoms with Crippen LogP contribution in [0.1, 0.15) is 19.6 Å². The second kappa shape index (κ2) is 7.81. The monoisotopic (exact) mass is 324 g/mol. The molecule has 7 nitrogen and oxygen atoms in total. The van der Waals surface area contributed by atoms with E-state index in [0.717, 1.165) is 32.7 Å². The number of carbonyl (C=O) groups is 1. The molecule has 1 aliphatic rings. The zero-order chi connectivity index (χ0) is 16.9. The molecular weight excluding hydrogens is 296 g/mol. The van der Waals surface area contributed by atoms with Gasteiger partial charge in [-0.25, -0.2) is 4.79 Å². The van der Waals surface area contributed by atoms with Crippen LogP contribution in [0.4, 0.5) is 4.79 Å². The summed E-state index contributed by atoms with van der Waals surface area (Å²) in [6, 6.07) is 3.17. The molecule has 0 aliphatic carbocycles. The predicted molar refractivity (Wildman–Crippen MR) is 88.2 cm³/mol. The number of furan rings is 1. The van der Waals surface area contributed by atoms with E-state index in [1.165, 1.54) is 6.26 Å². The summed E-state index contributed by atoms with van der Waals surface area (Å²) in [5, 5.41) is 15.9. The van der Waals surface area contributed by atoms with E-state index in [1.54, 1.807) is 19.1 Å². The minimum Gasteiger partial charge on any atom is -0.466 e. The fourth-order valence-corrected chi connectivity index (χ4v) is 2.66. The summed E-state index contributed by atoms with van der Waals surface area (Å²) in [5.74, 6) is 0.434. The Morgan fingerprint density at radius 3 is 2.74 bits per heavy atom. The molecule has 3 N–H and O–H groups in total. The first-order valence-corrected chi connectivity index (χ1v) is 8.08. The molecule has 23 heavy (non-hydrogen) atoms. The molecule has 7 heteroatoms. The highest BCUT2D eigenvalue weighted by atomic mass is 16.4. The fraction of sp³-hybridized carbons (Fsp3) is 0.688. The molecule has 0 aromatic carbocycles. The van der Waals surface area contributed by atoms with Gasteiger partial charge in [-0.2, -0.15) is 0 Å². The Kier molecular flexibility index (Phi) is 6.04. The molecular formula is C16H28N4O3. The molecule has 0 saturated carbocycles. The molecule has 2 heterocycles. The van der Waals surface area contributed by atoms with E-state index in [0.29, 0.717) is 5.76 Å². The maximum Gasteiger partial charge on any atom is 0.315 e. The van der Waals surface area contributed by atoms with Crippen molar-refractivity contribution >= 4 is 6.03 Å². The molecule has 0 radical (unpaired) electrons. The highest BCUT2D eigenvalue weighted by Crippen LogP contribution is 2.19. The summed E-state index contributed by atoms with van der Waals surface area (Å²) in [6.45, 7) is 8.69. The number of aliphatic hydroxyl groups is 1. The van der Waals surface area contributed by atoms with Crippen LogP contribution in [0.5, 0.6) is 0 Å². The average Bonchev–Trinajstić information content (AvgIpc) is 3.03. The summed E-state index contributed by atoms with van der Waals surface area (Å²) >= 11 is 0. The molecule has 1 aliphatic heterocycles. The first kappa shape index (κ1) is 17.8. The summed E-state index contributed by atoms with van der Waals surface area (Å²) in [5.41, 5.74) is -1.22. The fourth-order valence-electron chi connectivity index (χ4n) is 2.66. The van der Waals surface area contributed by atoms with E-state index in [-0.39, 0.29) is 18.6 Å². The van der Waals surface area contributed by atoms with Crippen LogP contribution in [0.2, 0.25) is 0 Å². The smallest absolute Gasteiger partial charge is 0.315 e. The number of nitrogens with one attached hydrogen (secondary N) is 2. The molecule has 2 atom stereocenters. The first-order chi connectivity index (χ1) is 10.9. The van der Waals surface area contributed by atoms with Gasteiger partial charge in [-0.05, 0) is 33.0 Å². The van der Waals surface area contributed by atoms with Crippen molar-refractivity contribution in [1.82, 2.24) is 20.4 Å². The number of hydrogen-bond donors (Lipinski definition) is 3. The summed E-state index contributed by atoms with van der Waals surface area (Å²) in [6.07, 6.45) is 1.50. The standard InChI is InChI=1S/C16H28N4O3/c1-13(11-20-8-6-19(3)7-9-20)18-15(21)17-12-16(2,22)14-5-4-10-23-14/h4-5,10,13,22H,6-9,11-12H2,1-3H3,(H2,17,18,21). The van der Waals surface area contributed by atoms with Gasteiger partial charge in [0.25, 0.3) is 0 Å². The van der Waals surface area contributed by atoms with Crippen molar-refractivity contribution < 1.29 is 14.3 Å². The van der Waals surface area contributed by atoms with E-state index >= 15 is 0 Å². The molecule has 0 bridgehead atoms. The third kappa shape index (κ3) is 5.53. The number of urea groups is 1. The lowest BCUT2D eigenvalue weighted by atomic mass is 10.0. The Balaban J connectivity index is 1.70. The van der Waals surface area contributed by atoms with Crippen molar-refractivity contribution in [3.63, 3.8) is 0 Å². The molecule has 2 amide bonds. The molecule has 1 aromatic rings. The number of amides is 2. The topological polar surface area (TPSA) is 81.0 Å². The van der Waals surface area contributed by atoms with E-state index in [9.17, 15) is 9.90 Å². The van der Waals surface area contributed by atoms with Crippen molar-refractivity contribution in [2.24, 2.45) is 0 Å². The van der Waals surface area contributed by atoms with Gasteiger partial charge in [0.1, 0.15) is 11.4 Å². The van der Waals surface area contributed by atoms with Gasteiger partial charge >= 0.3 is 6.03 Å². The average molecular weight is 324 g/mol. The number of likely N-dealkylation sites (N-methyl/N-ethyl adjacent to an activating group) is 1. The lowest BCUT2D eigenvalue weighted by Crippen LogP contribution is -2.52. The Labute approximate surface area is 137 Å². The molecule has 2 unspecified atom stereocenters. The molecule has 0 spiro atoms. The zero-order valence-electron chi connectivity index (χ0n) is 14.2. The van der Waals surface area contributed by atoms with Crippen LogP contribution in [-0.4, -0.2) is 73.3 Å². The third-order valence-electron chi connectivity index (χ3n) is 4.15. The van der Waals surface area contributed by atoms with Gasteiger partial charge in [-0.3, -0.25) is 4.90 Å². The van der Waals surface area contributed by atoms with Crippen molar-refractivity contribution in [2.45, 2.75) is 25.5 Å². The van der Waals surface area contributed by atoms with Gasteiger partial charge in [-0.15, -0.1) is 0 Å². The molecule has 1 saturated heterocycles. The lowest BCUT2D eigenvalue weighted by Gasteiger charge is -2.34. The summed E-state index contributed by atoms with van der Waals surface area (Å²) < 4.78 is 5.19. The Bertz CT molecular complexity index is 482. The van der Waals surface area contributed by atoms with Crippen LogP contribution in [0, 0.1) is 0 Å².